The summed E-state index contributed by atoms with van der Waals surface area (Å²) in [6.45, 7) is 2.52. The molecule has 1 amide bonds. The standard InChI is InChI=1S/C14H19NO2/c1-10-12(7-4-8-13(10)16)14(17)15-9-11-5-2-3-6-11/h4,7-8,11,16H,2-3,5-6,9H2,1H3,(H,15,17). The summed E-state index contributed by atoms with van der Waals surface area (Å²) in [5, 5.41) is 12.5. The fourth-order valence-corrected chi connectivity index (χ4v) is 2.42. The van der Waals surface area contributed by atoms with Crippen LogP contribution in [0.3, 0.4) is 0 Å². The number of nitrogens with one attached hydrogen (secondary N) is 1. The van der Waals surface area contributed by atoms with Gasteiger partial charge in [0, 0.05) is 17.7 Å². The second kappa shape index (κ2) is 5.21. The highest BCUT2D eigenvalue weighted by Gasteiger charge is 2.17. The van der Waals surface area contributed by atoms with Crippen molar-refractivity contribution in [2.75, 3.05) is 6.54 Å². The number of hydrogen-bond acceptors (Lipinski definition) is 2. The van der Waals surface area contributed by atoms with Gasteiger partial charge in [0.1, 0.15) is 5.75 Å². The van der Waals surface area contributed by atoms with Gasteiger partial charge in [0.05, 0.1) is 0 Å². The number of phenolic OH excluding ortho intramolecular Hbond substituents is 1. The van der Waals surface area contributed by atoms with Gasteiger partial charge in [0.2, 0.25) is 0 Å². The lowest BCUT2D eigenvalue weighted by Gasteiger charge is -2.12. The van der Waals surface area contributed by atoms with Crippen molar-refractivity contribution < 1.29 is 9.90 Å². The van der Waals surface area contributed by atoms with Crippen LogP contribution >= 0.6 is 0 Å². The molecule has 1 aromatic carbocycles. The number of carbonyl (C=O) groups excluding carboxylic acids is 1. The van der Waals surface area contributed by atoms with Gasteiger partial charge in [0.25, 0.3) is 5.91 Å². The van der Waals surface area contributed by atoms with Gasteiger partial charge < -0.3 is 10.4 Å². The fraction of sp³-hybridized carbons (Fsp3) is 0.500. The summed E-state index contributed by atoms with van der Waals surface area (Å²) in [6, 6.07) is 5.05. The molecule has 1 aliphatic rings. The molecule has 1 fully saturated rings. The first-order valence-electron chi connectivity index (χ1n) is 6.25. The molecule has 0 heterocycles. The van der Waals surface area contributed by atoms with Crippen LogP contribution in [0.2, 0.25) is 0 Å². The Labute approximate surface area is 102 Å². The van der Waals surface area contributed by atoms with Crippen LogP contribution in [0, 0.1) is 12.8 Å². The van der Waals surface area contributed by atoms with Gasteiger partial charge in [-0.25, -0.2) is 0 Å². The number of carbonyl (C=O) groups is 1. The molecule has 0 atom stereocenters. The van der Waals surface area contributed by atoms with Crippen LogP contribution in [0.1, 0.15) is 41.6 Å². The minimum atomic E-state index is -0.0784. The Bertz CT molecular complexity index is 409. The highest BCUT2D eigenvalue weighted by atomic mass is 16.3. The van der Waals surface area contributed by atoms with Crippen LogP contribution in [0.4, 0.5) is 0 Å². The third-order valence-electron chi connectivity index (χ3n) is 3.58. The molecule has 0 aromatic heterocycles. The van der Waals surface area contributed by atoms with E-state index in [-0.39, 0.29) is 11.7 Å². The Hall–Kier alpha value is -1.51. The molecule has 1 saturated carbocycles. The number of hydrogen-bond donors (Lipinski definition) is 2. The highest BCUT2D eigenvalue weighted by Crippen LogP contribution is 2.24. The van der Waals surface area contributed by atoms with Crippen molar-refractivity contribution in [2.24, 2.45) is 5.92 Å². The van der Waals surface area contributed by atoms with Crippen LogP contribution < -0.4 is 5.32 Å². The summed E-state index contributed by atoms with van der Waals surface area (Å²) in [6.07, 6.45) is 5.01. The first-order chi connectivity index (χ1) is 8.18. The van der Waals surface area contributed by atoms with E-state index in [0.717, 1.165) is 6.54 Å². The summed E-state index contributed by atoms with van der Waals surface area (Å²) in [5.41, 5.74) is 1.22. The molecule has 2 N–H and O–H groups in total. The smallest absolute Gasteiger partial charge is 0.251 e. The van der Waals surface area contributed by atoms with Gasteiger partial charge in [-0.05, 0) is 37.8 Å². The molecular weight excluding hydrogens is 214 g/mol. The van der Waals surface area contributed by atoms with E-state index >= 15 is 0 Å². The van der Waals surface area contributed by atoms with Crippen molar-refractivity contribution in [1.29, 1.82) is 0 Å². The van der Waals surface area contributed by atoms with Crippen LogP contribution in [-0.4, -0.2) is 17.6 Å². The van der Waals surface area contributed by atoms with E-state index in [9.17, 15) is 9.90 Å². The molecule has 92 valence electrons. The lowest BCUT2D eigenvalue weighted by Crippen LogP contribution is -2.28. The Morgan fingerprint density at radius 1 is 1.41 bits per heavy atom. The van der Waals surface area contributed by atoms with Crippen molar-refractivity contribution in [3.63, 3.8) is 0 Å². The van der Waals surface area contributed by atoms with E-state index in [2.05, 4.69) is 5.32 Å². The number of rotatable bonds is 3. The first kappa shape index (κ1) is 12.0. The van der Waals surface area contributed by atoms with Crippen LogP contribution in [0.5, 0.6) is 5.75 Å². The molecule has 3 heteroatoms. The zero-order valence-corrected chi connectivity index (χ0v) is 10.2. The monoisotopic (exact) mass is 233 g/mol. The Balaban J connectivity index is 1.97. The van der Waals surface area contributed by atoms with E-state index in [1.807, 2.05) is 0 Å². The molecule has 0 aliphatic heterocycles. The summed E-state index contributed by atoms with van der Waals surface area (Å²) in [5.74, 6) is 0.736. The maximum atomic E-state index is 12.0. The Morgan fingerprint density at radius 2 is 2.12 bits per heavy atom. The normalized spacial score (nSPS) is 16.1. The van der Waals surface area contributed by atoms with Gasteiger partial charge >= 0.3 is 0 Å². The predicted molar refractivity (Wildman–Crippen MR) is 67.1 cm³/mol. The van der Waals surface area contributed by atoms with E-state index < -0.39 is 0 Å². The van der Waals surface area contributed by atoms with Gasteiger partial charge in [-0.1, -0.05) is 18.9 Å². The lowest BCUT2D eigenvalue weighted by molar-refractivity contribution is 0.0946. The molecule has 1 aliphatic carbocycles. The topological polar surface area (TPSA) is 49.3 Å². The van der Waals surface area contributed by atoms with Crippen molar-refractivity contribution in [2.45, 2.75) is 32.6 Å². The lowest BCUT2D eigenvalue weighted by atomic mass is 10.1. The van der Waals surface area contributed by atoms with Crippen molar-refractivity contribution in [3.05, 3.63) is 29.3 Å². The number of aromatic hydroxyl groups is 1. The fourth-order valence-electron chi connectivity index (χ4n) is 2.42. The molecule has 0 bridgehead atoms. The zero-order valence-electron chi connectivity index (χ0n) is 10.2. The van der Waals surface area contributed by atoms with Crippen LogP contribution in [0.25, 0.3) is 0 Å². The average molecular weight is 233 g/mol. The van der Waals surface area contributed by atoms with Gasteiger partial charge in [-0.3, -0.25) is 4.79 Å². The van der Waals surface area contributed by atoms with Crippen molar-refractivity contribution in [1.82, 2.24) is 5.32 Å². The minimum Gasteiger partial charge on any atom is -0.508 e. The van der Waals surface area contributed by atoms with E-state index in [4.69, 9.17) is 0 Å². The first-order valence-corrected chi connectivity index (χ1v) is 6.25. The Kier molecular flexibility index (Phi) is 3.67. The van der Waals surface area contributed by atoms with Gasteiger partial charge in [-0.15, -0.1) is 0 Å². The number of amides is 1. The average Bonchev–Trinajstić information content (AvgIpc) is 2.82. The third-order valence-corrected chi connectivity index (χ3v) is 3.58. The minimum absolute atomic E-state index is 0.0784. The largest absolute Gasteiger partial charge is 0.508 e. The molecular formula is C14H19NO2. The second-order valence-electron chi connectivity index (χ2n) is 4.81. The quantitative estimate of drug-likeness (QED) is 0.843. The van der Waals surface area contributed by atoms with Crippen LogP contribution in [-0.2, 0) is 0 Å². The van der Waals surface area contributed by atoms with E-state index in [1.165, 1.54) is 25.7 Å². The summed E-state index contributed by atoms with van der Waals surface area (Å²) in [4.78, 5) is 12.0. The second-order valence-corrected chi connectivity index (χ2v) is 4.81. The van der Waals surface area contributed by atoms with Gasteiger partial charge in [-0.2, -0.15) is 0 Å². The molecule has 3 nitrogen and oxygen atoms in total. The van der Waals surface area contributed by atoms with E-state index in [1.54, 1.807) is 25.1 Å². The molecule has 17 heavy (non-hydrogen) atoms. The summed E-state index contributed by atoms with van der Waals surface area (Å²) in [7, 11) is 0. The predicted octanol–water partition coefficient (Wildman–Crippen LogP) is 2.62. The summed E-state index contributed by atoms with van der Waals surface area (Å²) >= 11 is 0. The third kappa shape index (κ3) is 2.78. The van der Waals surface area contributed by atoms with Crippen LogP contribution in [0.15, 0.2) is 18.2 Å². The molecule has 0 spiro atoms. The molecule has 1 aromatic rings. The molecule has 0 unspecified atom stereocenters. The zero-order chi connectivity index (χ0) is 12.3. The molecule has 2 rings (SSSR count). The van der Waals surface area contributed by atoms with E-state index in [0.29, 0.717) is 17.0 Å². The maximum Gasteiger partial charge on any atom is 0.251 e. The van der Waals surface area contributed by atoms with Gasteiger partial charge in [0.15, 0.2) is 0 Å². The number of phenols is 1. The Morgan fingerprint density at radius 3 is 2.82 bits per heavy atom. The maximum absolute atomic E-state index is 12.0. The molecule has 0 radical (unpaired) electrons. The SMILES string of the molecule is Cc1c(O)cccc1C(=O)NCC1CCCC1. The molecule has 0 saturated heterocycles. The highest BCUT2D eigenvalue weighted by molar-refractivity contribution is 5.96. The number of benzene rings is 1. The summed E-state index contributed by atoms with van der Waals surface area (Å²) < 4.78 is 0. The van der Waals surface area contributed by atoms with Crippen molar-refractivity contribution in [3.8, 4) is 5.75 Å². The van der Waals surface area contributed by atoms with Crippen molar-refractivity contribution >= 4 is 5.91 Å².